The van der Waals surface area contributed by atoms with Crippen LogP contribution in [0, 0.1) is 11.8 Å². The quantitative estimate of drug-likeness (QED) is 0.304. The number of nitrogens with one attached hydrogen (secondary N) is 4. The van der Waals surface area contributed by atoms with E-state index in [0.29, 0.717) is 48.8 Å². The maximum atomic E-state index is 12.0. The van der Waals surface area contributed by atoms with Gasteiger partial charge in [0, 0.05) is 43.9 Å². The van der Waals surface area contributed by atoms with Crippen molar-refractivity contribution < 1.29 is 9.53 Å². The summed E-state index contributed by atoms with van der Waals surface area (Å²) in [5, 5.41) is 15.5. The zero-order valence-corrected chi connectivity index (χ0v) is 24.2. The Morgan fingerprint density at radius 2 is 2.00 bits per heavy atom. The van der Waals surface area contributed by atoms with Gasteiger partial charge < -0.3 is 19.9 Å². The van der Waals surface area contributed by atoms with E-state index in [-0.39, 0.29) is 12.1 Å². The summed E-state index contributed by atoms with van der Waals surface area (Å²) in [5.41, 5.74) is 1.47. The van der Waals surface area contributed by atoms with Gasteiger partial charge in [-0.25, -0.2) is 0 Å². The van der Waals surface area contributed by atoms with Gasteiger partial charge in [0.25, 0.3) is 0 Å². The Morgan fingerprint density at radius 3 is 2.79 bits per heavy atom. The number of hydrogen-bond donors (Lipinski definition) is 4. The fourth-order valence-electron chi connectivity index (χ4n) is 8.66. The molecule has 218 valence electrons. The summed E-state index contributed by atoms with van der Waals surface area (Å²) in [6, 6.07) is 2.52. The van der Waals surface area contributed by atoms with Crippen LogP contribution in [0.25, 0.3) is 0 Å². The highest BCUT2D eigenvalue weighted by Gasteiger charge is 2.42. The zero-order chi connectivity index (χ0) is 26.9. The number of hydrogen-bond acceptors (Lipinski definition) is 7. The van der Waals surface area contributed by atoms with Crippen LogP contribution in [0.5, 0.6) is 0 Å². The molecule has 0 spiro atoms. The number of fused-ring (bicyclic) bond motifs is 2. The van der Waals surface area contributed by atoms with Gasteiger partial charge in [0.15, 0.2) is 0 Å². The largest absolute Gasteiger partial charge is 0.375 e. The molecule has 10 unspecified atom stereocenters. The molecular formula is C31H52N6O2. The van der Waals surface area contributed by atoms with Gasteiger partial charge in [0.05, 0.1) is 24.4 Å². The summed E-state index contributed by atoms with van der Waals surface area (Å²) in [5.74, 6) is 1.54. The molecule has 0 bridgehead atoms. The first-order valence-electron chi connectivity index (χ1n) is 15.9. The lowest BCUT2D eigenvalue weighted by molar-refractivity contribution is -0.125. The number of carbonyl (C=O) groups excluding carboxylic acids is 1. The van der Waals surface area contributed by atoms with Crippen LogP contribution in [0.1, 0.15) is 71.1 Å². The second-order valence-corrected chi connectivity index (χ2v) is 13.4. The smallest absolute Gasteiger partial charge is 0.246 e. The number of likely N-dealkylation sites (tertiary alicyclic amines) is 1. The van der Waals surface area contributed by atoms with Gasteiger partial charge >= 0.3 is 0 Å². The molecule has 10 atom stereocenters. The predicted molar refractivity (Wildman–Crippen MR) is 155 cm³/mol. The van der Waals surface area contributed by atoms with Crippen LogP contribution in [-0.4, -0.2) is 97.6 Å². The number of ether oxygens (including phenoxy) is 1. The molecule has 4 aliphatic heterocycles. The molecule has 1 amide bonds. The van der Waals surface area contributed by atoms with Gasteiger partial charge in [-0.05, 0) is 95.7 Å². The SMILES string of the molecule is C=CC(=O)N1CC=C(C2CCC3NCNC(NC4CCC(OC5CCC6CCN(C)C6C5)C(C)C4)C3N2)CC1. The van der Waals surface area contributed by atoms with Crippen molar-refractivity contribution in [2.24, 2.45) is 11.8 Å². The lowest BCUT2D eigenvalue weighted by atomic mass is 9.81. The lowest BCUT2D eigenvalue weighted by Crippen LogP contribution is -2.73. The first-order chi connectivity index (χ1) is 19.0. The average molecular weight is 541 g/mol. The fourth-order valence-corrected chi connectivity index (χ4v) is 8.66. The van der Waals surface area contributed by atoms with Crippen LogP contribution >= 0.6 is 0 Å². The highest BCUT2D eigenvalue weighted by molar-refractivity contribution is 5.87. The fraction of sp³-hybridized carbons (Fsp3) is 0.839. The molecule has 8 heteroatoms. The molecule has 39 heavy (non-hydrogen) atoms. The third kappa shape index (κ3) is 6.16. The van der Waals surface area contributed by atoms with Gasteiger partial charge in [-0.15, -0.1) is 0 Å². The number of nitrogens with zero attached hydrogens (tertiary/aromatic N) is 2. The average Bonchev–Trinajstić information content (AvgIpc) is 3.34. The molecular weight excluding hydrogens is 488 g/mol. The third-order valence-corrected chi connectivity index (χ3v) is 11.0. The van der Waals surface area contributed by atoms with E-state index in [9.17, 15) is 4.79 Å². The van der Waals surface area contributed by atoms with Crippen LogP contribution in [-0.2, 0) is 9.53 Å². The van der Waals surface area contributed by atoms with Gasteiger partial charge in [-0.1, -0.05) is 25.2 Å². The van der Waals surface area contributed by atoms with Gasteiger partial charge in [-0.3, -0.25) is 20.7 Å². The highest BCUT2D eigenvalue weighted by Crippen LogP contribution is 2.38. The molecule has 0 aromatic heterocycles. The molecule has 3 saturated heterocycles. The van der Waals surface area contributed by atoms with Crippen molar-refractivity contribution in [3.05, 3.63) is 24.3 Å². The Kier molecular flexibility index (Phi) is 8.78. The second kappa shape index (κ2) is 12.3. The zero-order valence-electron chi connectivity index (χ0n) is 24.2. The standard InChI is InChI=1S/C31H52N6O2/c1-4-29(38)37-15-12-21(13-16-37)25-8-9-26-30(35-25)31(33-19-32-26)34-23-6-10-28(20(2)17-23)39-24-7-5-22-11-14-36(3)27(22)18-24/h4,12,20,22-28,30-35H,1,5-11,13-19H2,2-3H3. The van der Waals surface area contributed by atoms with E-state index in [1.165, 1.54) is 69.6 Å². The van der Waals surface area contributed by atoms with E-state index in [4.69, 9.17) is 4.74 Å². The molecule has 2 aliphatic carbocycles. The first-order valence-corrected chi connectivity index (χ1v) is 15.9. The molecule has 0 aromatic carbocycles. The van der Waals surface area contributed by atoms with Crippen molar-refractivity contribution >= 4 is 5.91 Å². The minimum atomic E-state index is 0.0371. The van der Waals surface area contributed by atoms with E-state index < -0.39 is 0 Å². The molecule has 0 aromatic rings. The summed E-state index contributed by atoms with van der Waals surface area (Å²) in [6.07, 6.45) is 16.9. The van der Waals surface area contributed by atoms with Gasteiger partial charge in [-0.2, -0.15) is 0 Å². The van der Waals surface area contributed by atoms with Crippen LogP contribution < -0.4 is 21.3 Å². The summed E-state index contributed by atoms with van der Waals surface area (Å²) in [6.45, 7) is 9.68. The summed E-state index contributed by atoms with van der Waals surface area (Å²) >= 11 is 0. The molecule has 8 nitrogen and oxygen atoms in total. The maximum absolute atomic E-state index is 12.0. The van der Waals surface area contributed by atoms with E-state index in [2.05, 4.69) is 52.8 Å². The van der Waals surface area contributed by atoms with Crippen molar-refractivity contribution in [1.29, 1.82) is 0 Å². The number of amides is 1. The molecule has 0 radical (unpaired) electrons. The number of piperidine rings is 1. The summed E-state index contributed by atoms with van der Waals surface area (Å²) in [7, 11) is 2.31. The first kappa shape index (κ1) is 27.9. The lowest BCUT2D eigenvalue weighted by Gasteiger charge is -2.48. The number of rotatable bonds is 6. The Morgan fingerprint density at radius 1 is 1.10 bits per heavy atom. The topological polar surface area (TPSA) is 80.9 Å². The van der Waals surface area contributed by atoms with Gasteiger partial charge in [0.1, 0.15) is 0 Å². The van der Waals surface area contributed by atoms with E-state index in [1.54, 1.807) is 0 Å². The minimum absolute atomic E-state index is 0.0371. The molecule has 5 fully saturated rings. The number of carbonyl (C=O) groups is 1. The normalized spacial score (nSPS) is 43.3. The predicted octanol–water partition coefficient (Wildman–Crippen LogP) is 2.33. The highest BCUT2D eigenvalue weighted by atomic mass is 16.5. The Balaban J connectivity index is 1.00. The Bertz CT molecular complexity index is 912. The summed E-state index contributed by atoms with van der Waals surface area (Å²) < 4.78 is 6.81. The summed E-state index contributed by atoms with van der Waals surface area (Å²) in [4.78, 5) is 16.5. The maximum Gasteiger partial charge on any atom is 0.246 e. The van der Waals surface area contributed by atoms with E-state index in [1.807, 2.05) is 4.90 Å². The molecule has 6 rings (SSSR count). The van der Waals surface area contributed by atoms with E-state index in [0.717, 1.165) is 38.0 Å². The molecule has 4 N–H and O–H groups in total. The van der Waals surface area contributed by atoms with Crippen molar-refractivity contribution in [3.63, 3.8) is 0 Å². The van der Waals surface area contributed by atoms with Crippen LogP contribution in [0.2, 0.25) is 0 Å². The molecule has 2 saturated carbocycles. The second-order valence-electron chi connectivity index (χ2n) is 13.4. The van der Waals surface area contributed by atoms with Crippen molar-refractivity contribution in [1.82, 2.24) is 31.1 Å². The van der Waals surface area contributed by atoms with Crippen LogP contribution in [0.4, 0.5) is 0 Å². The molecule has 4 heterocycles. The van der Waals surface area contributed by atoms with Crippen molar-refractivity contribution in [2.75, 3.05) is 33.4 Å². The monoisotopic (exact) mass is 540 g/mol. The van der Waals surface area contributed by atoms with Crippen molar-refractivity contribution in [2.45, 2.75) is 120 Å². The van der Waals surface area contributed by atoms with Crippen LogP contribution in [0.3, 0.4) is 0 Å². The van der Waals surface area contributed by atoms with Gasteiger partial charge in [0.2, 0.25) is 5.91 Å². The third-order valence-electron chi connectivity index (χ3n) is 11.0. The Labute approximate surface area is 235 Å². The van der Waals surface area contributed by atoms with E-state index >= 15 is 0 Å². The van der Waals surface area contributed by atoms with Crippen LogP contribution in [0.15, 0.2) is 24.3 Å². The Hall–Kier alpha value is -1.29. The van der Waals surface area contributed by atoms with Crippen molar-refractivity contribution in [3.8, 4) is 0 Å². The minimum Gasteiger partial charge on any atom is -0.375 e. The molecule has 6 aliphatic rings.